The maximum absolute atomic E-state index is 8.94. The van der Waals surface area contributed by atoms with Gasteiger partial charge in [0, 0.05) is 12.6 Å². The second kappa shape index (κ2) is 5.00. The van der Waals surface area contributed by atoms with Crippen LogP contribution in [0, 0.1) is 0 Å². The molecule has 1 aromatic rings. The summed E-state index contributed by atoms with van der Waals surface area (Å²) in [6.45, 7) is 3.12. The van der Waals surface area contributed by atoms with Crippen LogP contribution in [0.2, 0.25) is 0 Å². The lowest BCUT2D eigenvalue weighted by atomic mass is 10.2. The van der Waals surface area contributed by atoms with Gasteiger partial charge in [-0.15, -0.1) is 0 Å². The summed E-state index contributed by atoms with van der Waals surface area (Å²) >= 11 is 0. The molecule has 0 bridgehead atoms. The molecule has 13 heavy (non-hydrogen) atoms. The van der Waals surface area contributed by atoms with Crippen LogP contribution in [0.15, 0.2) is 30.3 Å². The van der Waals surface area contributed by atoms with E-state index >= 15 is 0 Å². The molecule has 72 valence electrons. The Labute approximate surface area is 79.8 Å². The molecular weight excluding hydrogens is 162 g/mol. The number of aliphatic hydroxyl groups excluding tert-OH is 1. The van der Waals surface area contributed by atoms with Gasteiger partial charge in [0.2, 0.25) is 0 Å². The van der Waals surface area contributed by atoms with Gasteiger partial charge in [-0.05, 0) is 19.5 Å². The molecule has 0 aliphatic heterocycles. The van der Waals surface area contributed by atoms with Crippen LogP contribution in [0.5, 0.6) is 0 Å². The molecule has 2 heteroatoms. The molecule has 0 spiro atoms. The molecule has 0 aliphatic rings. The maximum atomic E-state index is 8.94. The Balaban J connectivity index is 2.50. The van der Waals surface area contributed by atoms with E-state index in [2.05, 4.69) is 17.0 Å². The number of hydrogen-bond donors (Lipinski definition) is 1. The summed E-state index contributed by atoms with van der Waals surface area (Å²) in [7, 11) is 2.02. The van der Waals surface area contributed by atoms with E-state index < -0.39 is 0 Å². The topological polar surface area (TPSA) is 23.5 Å². The molecule has 0 saturated heterocycles. The first-order chi connectivity index (χ1) is 6.24. The van der Waals surface area contributed by atoms with Crippen molar-refractivity contribution < 1.29 is 5.11 Å². The lowest BCUT2D eigenvalue weighted by Crippen LogP contribution is -2.31. The van der Waals surface area contributed by atoms with Crippen molar-refractivity contribution in [1.82, 2.24) is 4.90 Å². The molecule has 1 atom stereocenters. The molecule has 0 heterocycles. The van der Waals surface area contributed by atoms with Crippen molar-refractivity contribution >= 4 is 0 Å². The molecule has 0 aromatic heterocycles. The summed E-state index contributed by atoms with van der Waals surface area (Å²) in [5, 5.41) is 8.94. The van der Waals surface area contributed by atoms with E-state index in [1.807, 2.05) is 32.2 Å². The van der Waals surface area contributed by atoms with Crippen molar-refractivity contribution in [3.05, 3.63) is 35.9 Å². The number of benzene rings is 1. The van der Waals surface area contributed by atoms with E-state index in [1.54, 1.807) is 0 Å². The quantitative estimate of drug-likeness (QED) is 0.757. The van der Waals surface area contributed by atoms with E-state index in [9.17, 15) is 0 Å². The van der Waals surface area contributed by atoms with Crippen LogP contribution in [-0.2, 0) is 6.54 Å². The monoisotopic (exact) mass is 179 g/mol. The van der Waals surface area contributed by atoms with E-state index in [4.69, 9.17) is 5.11 Å². The summed E-state index contributed by atoms with van der Waals surface area (Å²) in [5.41, 5.74) is 1.28. The zero-order valence-corrected chi connectivity index (χ0v) is 8.27. The zero-order valence-electron chi connectivity index (χ0n) is 8.27. The Kier molecular flexibility index (Phi) is 3.93. The molecule has 0 radical (unpaired) electrons. The van der Waals surface area contributed by atoms with Crippen LogP contribution in [-0.4, -0.2) is 29.7 Å². The highest BCUT2D eigenvalue weighted by Gasteiger charge is 2.06. The molecule has 0 amide bonds. The SMILES string of the molecule is C[C@H](CO)N(C)Cc1ccccc1. The molecule has 1 aromatic carbocycles. The van der Waals surface area contributed by atoms with Crippen LogP contribution in [0.25, 0.3) is 0 Å². The lowest BCUT2D eigenvalue weighted by molar-refractivity contribution is 0.154. The van der Waals surface area contributed by atoms with Crippen molar-refractivity contribution in [2.45, 2.75) is 19.5 Å². The molecule has 0 unspecified atom stereocenters. The van der Waals surface area contributed by atoms with E-state index in [0.29, 0.717) is 0 Å². The first-order valence-electron chi connectivity index (χ1n) is 4.59. The average molecular weight is 179 g/mol. The Morgan fingerprint density at radius 2 is 1.92 bits per heavy atom. The summed E-state index contributed by atoms with van der Waals surface area (Å²) in [4.78, 5) is 2.13. The van der Waals surface area contributed by atoms with Gasteiger partial charge >= 0.3 is 0 Å². The van der Waals surface area contributed by atoms with Gasteiger partial charge in [0.25, 0.3) is 0 Å². The third kappa shape index (κ3) is 3.17. The number of rotatable bonds is 4. The van der Waals surface area contributed by atoms with E-state index in [0.717, 1.165) is 6.54 Å². The standard InChI is InChI=1S/C11H17NO/c1-10(9-13)12(2)8-11-6-4-3-5-7-11/h3-7,10,13H,8-9H2,1-2H3/t10-/m1/s1. The molecule has 0 fully saturated rings. The first kappa shape index (κ1) is 10.2. The van der Waals surface area contributed by atoms with E-state index in [1.165, 1.54) is 5.56 Å². The molecular formula is C11H17NO. The van der Waals surface area contributed by atoms with Gasteiger partial charge in [0.15, 0.2) is 0 Å². The molecule has 1 rings (SSSR count). The summed E-state index contributed by atoms with van der Waals surface area (Å²) in [6.07, 6.45) is 0. The minimum absolute atomic E-state index is 0.212. The third-order valence-corrected chi connectivity index (χ3v) is 2.29. The highest BCUT2D eigenvalue weighted by atomic mass is 16.3. The van der Waals surface area contributed by atoms with Crippen LogP contribution in [0.1, 0.15) is 12.5 Å². The second-order valence-electron chi connectivity index (χ2n) is 3.43. The minimum atomic E-state index is 0.212. The Bertz CT molecular complexity index is 235. The fourth-order valence-electron chi connectivity index (χ4n) is 1.17. The summed E-state index contributed by atoms with van der Waals surface area (Å²) < 4.78 is 0. The Hall–Kier alpha value is -0.860. The number of nitrogens with zero attached hydrogens (tertiary/aromatic N) is 1. The van der Waals surface area contributed by atoms with Crippen LogP contribution < -0.4 is 0 Å². The van der Waals surface area contributed by atoms with Gasteiger partial charge in [-0.1, -0.05) is 30.3 Å². The Morgan fingerprint density at radius 3 is 2.46 bits per heavy atom. The molecule has 1 N–H and O–H groups in total. The van der Waals surface area contributed by atoms with Gasteiger partial charge in [-0.2, -0.15) is 0 Å². The fraction of sp³-hybridized carbons (Fsp3) is 0.455. The van der Waals surface area contributed by atoms with Gasteiger partial charge in [-0.25, -0.2) is 0 Å². The zero-order chi connectivity index (χ0) is 9.68. The normalized spacial score (nSPS) is 13.2. The van der Waals surface area contributed by atoms with Crippen molar-refractivity contribution in [2.75, 3.05) is 13.7 Å². The van der Waals surface area contributed by atoms with Gasteiger partial charge in [-0.3, -0.25) is 4.90 Å². The predicted octanol–water partition coefficient (Wildman–Crippen LogP) is 1.50. The predicted molar refractivity (Wildman–Crippen MR) is 54.5 cm³/mol. The van der Waals surface area contributed by atoms with Crippen LogP contribution >= 0.6 is 0 Å². The minimum Gasteiger partial charge on any atom is -0.395 e. The second-order valence-corrected chi connectivity index (χ2v) is 3.43. The average Bonchev–Trinajstić information content (AvgIpc) is 2.18. The van der Waals surface area contributed by atoms with Gasteiger partial charge in [0.1, 0.15) is 0 Å². The third-order valence-electron chi connectivity index (χ3n) is 2.29. The summed E-state index contributed by atoms with van der Waals surface area (Å²) in [6, 6.07) is 10.5. The van der Waals surface area contributed by atoms with Crippen LogP contribution in [0.4, 0.5) is 0 Å². The number of likely N-dealkylation sites (N-methyl/N-ethyl adjacent to an activating group) is 1. The highest BCUT2D eigenvalue weighted by molar-refractivity contribution is 5.14. The van der Waals surface area contributed by atoms with E-state index in [-0.39, 0.29) is 12.6 Å². The number of hydrogen-bond acceptors (Lipinski definition) is 2. The largest absolute Gasteiger partial charge is 0.395 e. The fourth-order valence-corrected chi connectivity index (χ4v) is 1.17. The van der Waals surface area contributed by atoms with Crippen molar-refractivity contribution in [3.63, 3.8) is 0 Å². The molecule has 2 nitrogen and oxygen atoms in total. The van der Waals surface area contributed by atoms with Crippen LogP contribution in [0.3, 0.4) is 0 Å². The highest BCUT2D eigenvalue weighted by Crippen LogP contribution is 2.04. The maximum Gasteiger partial charge on any atom is 0.0584 e. The number of aliphatic hydroxyl groups is 1. The lowest BCUT2D eigenvalue weighted by Gasteiger charge is -2.22. The first-order valence-corrected chi connectivity index (χ1v) is 4.59. The summed E-state index contributed by atoms with van der Waals surface area (Å²) in [5.74, 6) is 0. The Morgan fingerprint density at radius 1 is 1.31 bits per heavy atom. The molecule has 0 aliphatic carbocycles. The van der Waals surface area contributed by atoms with Crippen molar-refractivity contribution in [3.8, 4) is 0 Å². The smallest absolute Gasteiger partial charge is 0.0584 e. The van der Waals surface area contributed by atoms with Gasteiger partial charge in [0.05, 0.1) is 6.61 Å². The van der Waals surface area contributed by atoms with Gasteiger partial charge < -0.3 is 5.11 Å². The van der Waals surface area contributed by atoms with Crippen molar-refractivity contribution in [1.29, 1.82) is 0 Å². The van der Waals surface area contributed by atoms with Crippen molar-refractivity contribution in [2.24, 2.45) is 0 Å². The molecule has 0 saturated carbocycles.